The van der Waals surface area contributed by atoms with Gasteiger partial charge in [-0.05, 0) is 118 Å². The largest absolute Gasteiger partial charge is 0.407 e. The van der Waals surface area contributed by atoms with Crippen LogP contribution in [-0.2, 0) is 22.9 Å². The van der Waals surface area contributed by atoms with Crippen LogP contribution in [0.3, 0.4) is 0 Å². The first kappa shape index (κ1) is 51.0. The van der Waals surface area contributed by atoms with Crippen molar-refractivity contribution >= 4 is 54.4 Å². The molecule has 1 aromatic heterocycles. The number of Topliss-reactive ketones (excluding diaryl/α,β-unsaturated/α-hetero) is 1. The Bertz CT molecular complexity index is 1410. The fourth-order valence-electron chi connectivity index (χ4n) is 5.62. The van der Waals surface area contributed by atoms with Crippen molar-refractivity contribution < 1.29 is 22.9 Å². The van der Waals surface area contributed by atoms with Gasteiger partial charge in [-0.3, -0.25) is 4.79 Å². The minimum Gasteiger partial charge on any atom is -0.407 e. The highest BCUT2D eigenvalue weighted by Gasteiger charge is 2.51. The van der Waals surface area contributed by atoms with Crippen molar-refractivity contribution in [2.45, 2.75) is 215 Å². The maximum atomic E-state index is 13.4. The molecule has 10 heteroatoms. The van der Waals surface area contributed by atoms with Gasteiger partial charge < -0.3 is 18.1 Å². The molecule has 0 radical (unpaired) electrons. The van der Waals surface area contributed by atoms with Gasteiger partial charge in [0.1, 0.15) is 18.2 Å². The molecule has 1 rings (SSSR count). The summed E-state index contributed by atoms with van der Waals surface area (Å²) in [5, 5.41) is 3.18. The molecule has 0 aliphatic carbocycles. The lowest BCUT2D eigenvalue weighted by molar-refractivity contribution is -0.129. The number of thiazole rings is 1. The summed E-state index contributed by atoms with van der Waals surface area (Å²) >= 11 is 1.67. The predicted molar refractivity (Wildman–Crippen MR) is 242 cm³/mol. The van der Waals surface area contributed by atoms with Gasteiger partial charge in [0.15, 0.2) is 30.7 Å². The van der Waals surface area contributed by atoms with E-state index in [1.165, 1.54) is 5.57 Å². The molecular weight excluding hydrogens is 739 g/mol. The number of rotatable bonds is 21. The number of aryl methyl sites for hydroxylation is 1. The van der Waals surface area contributed by atoms with E-state index in [1.54, 1.807) is 11.3 Å². The van der Waals surface area contributed by atoms with Crippen LogP contribution in [0.1, 0.15) is 153 Å². The second kappa shape index (κ2) is 19.2. The number of nitrogens with zero attached hydrogens (tertiary/aromatic N) is 1. The number of hydrogen-bond donors (Lipinski definition) is 0. The molecule has 0 bridgehead atoms. The number of carbonyl (C=O) groups is 2. The van der Waals surface area contributed by atoms with Crippen molar-refractivity contribution in [1.82, 2.24) is 4.98 Å². The van der Waals surface area contributed by atoms with Gasteiger partial charge in [-0.15, -0.1) is 11.3 Å². The molecule has 1 heterocycles. The molecule has 0 fully saturated rings. The molecule has 2 unspecified atom stereocenters. The molecule has 0 spiro atoms. The predicted octanol–water partition coefficient (Wildman–Crippen LogP) is 14.1. The highest BCUT2D eigenvalue weighted by atomic mass is 32.1. The molecule has 312 valence electrons. The smallest absolute Gasteiger partial charge is 0.196 e. The Hall–Kier alpha value is -1.02. The van der Waals surface area contributed by atoms with Crippen LogP contribution in [-0.4, -0.2) is 53.9 Å². The van der Waals surface area contributed by atoms with Crippen LogP contribution < -0.4 is 0 Å². The van der Waals surface area contributed by atoms with Gasteiger partial charge in [0.25, 0.3) is 0 Å². The lowest BCUT2D eigenvalue weighted by Crippen LogP contribution is -2.57. The first-order valence-corrected chi connectivity index (χ1v) is 30.1. The van der Waals surface area contributed by atoms with Crippen molar-refractivity contribution in [2.24, 2.45) is 11.3 Å². The van der Waals surface area contributed by atoms with Crippen LogP contribution in [0.5, 0.6) is 0 Å². The lowest BCUT2D eigenvalue weighted by Gasteiger charge is -2.51. The standard InChI is InChI=1S/C44H83NO5SSi3/c1-33(25-26-39(47)43(14,15)30-38(31-46)48-52(16,17)40(5,6)7)23-22-24-34(2)27-28-44(49-53(18,19)41(8,9)10,50-54(20,21)42(11,12)13)35(3)29-37-32-51-36(4)45-37/h27,29,31-33,38H,22-26,28,30H2,1-21H3/b34-27+,35-29+. The first-order valence-electron chi connectivity index (χ1n) is 20.4. The summed E-state index contributed by atoms with van der Waals surface area (Å²) in [6.07, 6.45) is 10.4. The van der Waals surface area contributed by atoms with Crippen LogP contribution in [0, 0.1) is 18.3 Å². The van der Waals surface area contributed by atoms with E-state index in [0.717, 1.165) is 48.2 Å². The summed E-state index contributed by atoms with van der Waals surface area (Å²) in [5.41, 5.74) is 2.75. The van der Waals surface area contributed by atoms with Gasteiger partial charge in [0.05, 0.1) is 10.7 Å². The van der Waals surface area contributed by atoms with Crippen molar-refractivity contribution in [1.29, 1.82) is 0 Å². The SMILES string of the molecule is C/C(=C\CC(O[Si](C)(C)C(C)(C)C)(O[Si](C)(C)C(C)(C)C)/C(C)=C/c1csc(C)n1)CCCC(C)CCC(=O)C(C)(C)CC(C=O)O[Si](C)(C)C(C)(C)C. The third-order valence-electron chi connectivity index (χ3n) is 12.8. The highest BCUT2D eigenvalue weighted by molar-refractivity contribution is 7.09. The highest BCUT2D eigenvalue weighted by Crippen LogP contribution is 2.48. The van der Waals surface area contributed by atoms with Crippen LogP contribution >= 0.6 is 11.3 Å². The Balaban J connectivity index is 3.17. The van der Waals surface area contributed by atoms with Gasteiger partial charge in [-0.25, -0.2) is 4.98 Å². The van der Waals surface area contributed by atoms with E-state index in [2.05, 4.69) is 140 Å². The molecule has 0 amide bonds. The average molecular weight is 822 g/mol. The number of aromatic nitrogens is 1. The molecule has 0 N–H and O–H groups in total. The first-order chi connectivity index (χ1) is 24.1. The quantitative estimate of drug-likeness (QED) is 0.0532. The minimum absolute atomic E-state index is 0.00261. The number of ketones is 1. The second-order valence-corrected chi connectivity index (χ2v) is 36.7. The van der Waals surface area contributed by atoms with E-state index in [-0.39, 0.29) is 20.9 Å². The normalized spacial score (nSPS) is 16.1. The Labute approximate surface area is 340 Å². The van der Waals surface area contributed by atoms with Gasteiger partial charge in [-0.2, -0.15) is 0 Å². The second-order valence-electron chi connectivity index (χ2n) is 21.5. The molecule has 0 aliphatic heterocycles. The zero-order chi connectivity index (χ0) is 42.4. The molecule has 2 atom stereocenters. The minimum atomic E-state index is -2.29. The van der Waals surface area contributed by atoms with Crippen LogP contribution in [0.15, 0.2) is 22.6 Å². The summed E-state index contributed by atoms with van der Waals surface area (Å²) in [4.78, 5) is 30.3. The Morgan fingerprint density at radius 2 is 1.31 bits per heavy atom. The molecule has 0 saturated heterocycles. The Morgan fingerprint density at radius 1 is 0.815 bits per heavy atom. The van der Waals surface area contributed by atoms with Gasteiger partial charge in [0.2, 0.25) is 0 Å². The molecule has 0 aromatic carbocycles. The van der Waals surface area contributed by atoms with Gasteiger partial charge >= 0.3 is 0 Å². The van der Waals surface area contributed by atoms with E-state index < -0.39 is 42.3 Å². The van der Waals surface area contributed by atoms with E-state index in [9.17, 15) is 9.59 Å². The number of carbonyl (C=O) groups excluding carboxylic acids is 2. The molecule has 0 aliphatic rings. The van der Waals surface area contributed by atoms with Crippen molar-refractivity contribution in [3.63, 3.8) is 0 Å². The summed E-state index contributed by atoms with van der Waals surface area (Å²) in [5.74, 6) is -0.256. The van der Waals surface area contributed by atoms with Crippen LogP contribution in [0.25, 0.3) is 6.08 Å². The summed E-state index contributed by atoms with van der Waals surface area (Å²) in [7, 11) is -6.70. The summed E-state index contributed by atoms with van der Waals surface area (Å²) < 4.78 is 21.3. The summed E-state index contributed by atoms with van der Waals surface area (Å²) in [6.45, 7) is 46.5. The van der Waals surface area contributed by atoms with Crippen molar-refractivity contribution in [2.75, 3.05) is 0 Å². The zero-order valence-corrected chi connectivity index (χ0v) is 42.6. The zero-order valence-electron chi connectivity index (χ0n) is 38.8. The van der Waals surface area contributed by atoms with E-state index >= 15 is 0 Å². The maximum Gasteiger partial charge on any atom is 0.196 e. The number of aldehydes is 1. The molecule has 1 aromatic rings. The molecule has 54 heavy (non-hydrogen) atoms. The number of hydrogen-bond acceptors (Lipinski definition) is 7. The Kier molecular flexibility index (Phi) is 18.1. The van der Waals surface area contributed by atoms with Gasteiger partial charge in [-0.1, -0.05) is 101 Å². The Morgan fingerprint density at radius 3 is 1.74 bits per heavy atom. The van der Waals surface area contributed by atoms with E-state index in [4.69, 9.17) is 18.3 Å². The van der Waals surface area contributed by atoms with Crippen LogP contribution in [0.4, 0.5) is 0 Å². The fraction of sp³-hybridized carbons (Fsp3) is 0.795. The van der Waals surface area contributed by atoms with Crippen molar-refractivity contribution in [3.8, 4) is 0 Å². The van der Waals surface area contributed by atoms with Crippen molar-refractivity contribution in [3.05, 3.63) is 33.3 Å². The molecule has 0 saturated carbocycles. The van der Waals surface area contributed by atoms with Gasteiger partial charge in [0, 0.05) is 23.6 Å². The van der Waals surface area contributed by atoms with E-state index in [0.29, 0.717) is 25.2 Å². The van der Waals surface area contributed by atoms with Crippen LogP contribution in [0.2, 0.25) is 54.4 Å². The average Bonchev–Trinajstić information content (AvgIpc) is 3.39. The number of allylic oxidation sites excluding steroid dienone is 1. The molecular formula is C44H83NO5SSi3. The van der Waals surface area contributed by atoms with E-state index in [1.807, 2.05) is 20.8 Å². The fourth-order valence-corrected chi connectivity index (χ4v) is 10.4. The summed E-state index contributed by atoms with van der Waals surface area (Å²) in [6, 6.07) is 0. The third-order valence-corrected chi connectivity index (χ3v) is 27.0. The topological polar surface area (TPSA) is 74.7 Å². The monoisotopic (exact) mass is 822 g/mol. The maximum absolute atomic E-state index is 13.4. The third kappa shape index (κ3) is 15.1. The molecule has 6 nitrogen and oxygen atoms in total. The lowest BCUT2D eigenvalue weighted by atomic mass is 9.79.